The molecule has 1 aliphatic rings. The summed E-state index contributed by atoms with van der Waals surface area (Å²) in [6, 6.07) is 64.9. The van der Waals surface area contributed by atoms with Gasteiger partial charge in [0, 0.05) is 58.5 Å². The smallest absolute Gasteiger partial charge is 0.143 e. The van der Waals surface area contributed by atoms with Crippen LogP contribution in [-0.4, -0.2) is 10.4 Å². The van der Waals surface area contributed by atoms with Crippen LogP contribution in [0.3, 0.4) is 0 Å². The molecule has 0 bridgehead atoms. The number of para-hydroxylation sites is 3. The number of thiophene rings is 1. The first-order valence-electron chi connectivity index (χ1n) is 19.4. The number of aliphatic imine (C=N–C) groups is 1. The summed E-state index contributed by atoms with van der Waals surface area (Å²) in [6.07, 6.45) is -0.296. The molecule has 0 saturated heterocycles. The van der Waals surface area contributed by atoms with Crippen LogP contribution in [0.2, 0.25) is 0 Å². The third-order valence-electron chi connectivity index (χ3n) is 11.5. The van der Waals surface area contributed by atoms with Gasteiger partial charge in [0.05, 0.1) is 11.0 Å². The minimum atomic E-state index is -0.195. The number of furan rings is 1. The summed E-state index contributed by atoms with van der Waals surface area (Å²) >= 11 is 1.83. The monoisotopic (exact) mass is 750 g/mol. The largest absolute Gasteiger partial charge is 0.455 e. The normalized spacial score (nSPS) is 15.9. The molecule has 2 N–H and O–H groups in total. The van der Waals surface area contributed by atoms with Crippen LogP contribution in [-0.2, 0) is 0 Å². The van der Waals surface area contributed by atoms with Gasteiger partial charge in [0.2, 0.25) is 0 Å². The number of amidine groups is 1. The molecule has 0 amide bonds. The molecule has 11 aromatic rings. The first kappa shape index (κ1) is 32.3. The quantitative estimate of drug-likeness (QED) is 0.184. The zero-order valence-corrected chi connectivity index (χ0v) is 31.5. The summed E-state index contributed by atoms with van der Waals surface area (Å²) < 4.78 is 11.7. The molecule has 12 rings (SSSR count). The van der Waals surface area contributed by atoms with E-state index in [0.29, 0.717) is 0 Å². The van der Waals surface area contributed by atoms with Crippen molar-refractivity contribution in [1.29, 1.82) is 0 Å². The van der Waals surface area contributed by atoms with Crippen LogP contribution in [0.1, 0.15) is 29.0 Å². The fraction of sp³-hybridized carbons (Fsp3) is 0.0392. The van der Waals surface area contributed by atoms with E-state index in [1.54, 1.807) is 0 Å². The van der Waals surface area contributed by atoms with Crippen molar-refractivity contribution in [3.8, 4) is 16.8 Å². The van der Waals surface area contributed by atoms with Crippen molar-refractivity contribution in [2.75, 3.05) is 0 Å². The molecule has 5 nitrogen and oxygen atoms in total. The summed E-state index contributed by atoms with van der Waals surface area (Å²) in [4.78, 5) is 5.26. The highest BCUT2D eigenvalue weighted by atomic mass is 32.1. The lowest BCUT2D eigenvalue weighted by atomic mass is 9.97. The Kier molecular flexibility index (Phi) is 7.24. The summed E-state index contributed by atoms with van der Waals surface area (Å²) in [5.41, 5.74) is 10.9. The van der Waals surface area contributed by atoms with E-state index in [9.17, 15) is 0 Å². The molecule has 8 aromatic carbocycles. The third kappa shape index (κ3) is 5.15. The zero-order valence-electron chi connectivity index (χ0n) is 30.7. The average Bonchev–Trinajstić information content (AvgIpc) is 3.96. The molecule has 0 radical (unpaired) electrons. The van der Waals surface area contributed by atoms with Crippen LogP contribution in [0.5, 0.6) is 0 Å². The van der Waals surface area contributed by atoms with Crippen molar-refractivity contribution in [2.45, 2.75) is 12.3 Å². The van der Waals surface area contributed by atoms with Crippen LogP contribution >= 0.6 is 11.3 Å². The number of hydrogen-bond donors (Lipinski definition) is 2. The topological polar surface area (TPSA) is 54.5 Å². The molecule has 0 spiro atoms. The predicted molar refractivity (Wildman–Crippen MR) is 238 cm³/mol. The summed E-state index contributed by atoms with van der Waals surface area (Å²) in [6.45, 7) is 0. The number of fused-ring (bicyclic) bond motifs is 9. The lowest BCUT2D eigenvalue weighted by Crippen LogP contribution is -2.44. The molecule has 1 aliphatic heterocycles. The van der Waals surface area contributed by atoms with E-state index in [4.69, 9.17) is 9.41 Å². The molecule has 0 aliphatic carbocycles. The molecule has 2 atom stereocenters. The van der Waals surface area contributed by atoms with E-state index in [-0.39, 0.29) is 12.3 Å². The van der Waals surface area contributed by atoms with Crippen LogP contribution in [0.15, 0.2) is 191 Å². The van der Waals surface area contributed by atoms with Crippen molar-refractivity contribution >= 4 is 81.1 Å². The molecule has 57 heavy (non-hydrogen) atoms. The van der Waals surface area contributed by atoms with Gasteiger partial charge < -0.3 is 14.3 Å². The maximum atomic E-state index is 6.81. The SMILES string of the molecule is c1ccc(C2N=C(c3ccc4sc5cccc(-c6cccc7c6oc6ccc(-n8c9ccccc9c9ccccc98)cc67)c5c4c3)NC(c3ccccc3)N2)cc1. The summed E-state index contributed by atoms with van der Waals surface area (Å²) in [5.74, 6) is 0.869. The Balaban J connectivity index is 1.00. The fourth-order valence-electron chi connectivity index (χ4n) is 8.87. The molecule has 4 heterocycles. The van der Waals surface area contributed by atoms with Gasteiger partial charge in [-0.05, 0) is 71.3 Å². The Hall–Kier alpha value is -6.99. The van der Waals surface area contributed by atoms with E-state index in [2.05, 4.69) is 191 Å². The number of benzene rings is 8. The first-order chi connectivity index (χ1) is 28.2. The van der Waals surface area contributed by atoms with Crippen LogP contribution in [0.25, 0.3) is 80.7 Å². The number of aromatic nitrogens is 1. The molecular formula is C51H34N4OS. The number of nitrogens with zero attached hydrogens (tertiary/aromatic N) is 2. The van der Waals surface area contributed by atoms with Gasteiger partial charge in [0.15, 0.2) is 0 Å². The second-order valence-corrected chi connectivity index (χ2v) is 15.9. The lowest BCUT2D eigenvalue weighted by molar-refractivity contribution is 0.409. The Morgan fingerprint density at radius 2 is 1.21 bits per heavy atom. The van der Waals surface area contributed by atoms with Gasteiger partial charge in [-0.15, -0.1) is 11.3 Å². The minimum Gasteiger partial charge on any atom is -0.455 e. The van der Waals surface area contributed by atoms with E-state index in [1.807, 2.05) is 17.4 Å². The lowest BCUT2D eigenvalue weighted by Gasteiger charge is -2.32. The number of hydrogen-bond acceptors (Lipinski definition) is 5. The molecule has 3 aromatic heterocycles. The summed E-state index contributed by atoms with van der Waals surface area (Å²) in [7, 11) is 0. The van der Waals surface area contributed by atoms with Crippen molar-refractivity contribution in [1.82, 2.24) is 15.2 Å². The molecule has 6 heteroatoms. The maximum Gasteiger partial charge on any atom is 0.143 e. The van der Waals surface area contributed by atoms with Gasteiger partial charge in [-0.1, -0.05) is 127 Å². The third-order valence-corrected chi connectivity index (χ3v) is 12.6. The van der Waals surface area contributed by atoms with Crippen molar-refractivity contribution in [3.05, 3.63) is 199 Å². The second-order valence-electron chi connectivity index (χ2n) is 14.8. The van der Waals surface area contributed by atoms with E-state index in [0.717, 1.165) is 61.3 Å². The summed E-state index contributed by atoms with van der Waals surface area (Å²) in [5, 5.41) is 14.6. The van der Waals surface area contributed by atoms with Gasteiger partial charge >= 0.3 is 0 Å². The number of rotatable bonds is 5. The van der Waals surface area contributed by atoms with Gasteiger partial charge in [-0.25, -0.2) is 4.99 Å². The van der Waals surface area contributed by atoms with Crippen LogP contribution in [0.4, 0.5) is 0 Å². The fourth-order valence-corrected chi connectivity index (χ4v) is 9.98. The highest BCUT2D eigenvalue weighted by molar-refractivity contribution is 7.26. The Morgan fingerprint density at radius 1 is 0.526 bits per heavy atom. The molecule has 2 unspecified atom stereocenters. The predicted octanol–water partition coefficient (Wildman–Crippen LogP) is 13.1. The molecule has 0 fully saturated rings. The number of nitrogens with one attached hydrogen (secondary N) is 2. The van der Waals surface area contributed by atoms with E-state index in [1.165, 1.54) is 42.0 Å². The molecule has 0 saturated carbocycles. The van der Waals surface area contributed by atoms with E-state index < -0.39 is 0 Å². The highest BCUT2D eigenvalue weighted by Crippen LogP contribution is 2.44. The van der Waals surface area contributed by atoms with Gasteiger partial charge in [0.25, 0.3) is 0 Å². The van der Waals surface area contributed by atoms with Crippen molar-refractivity contribution < 1.29 is 4.42 Å². The standard InChI is InChI=1S/C51H34N4OS/c1-3-13-31(14-4-1)49-52-50(32-15-5-2-6-16-32)54-51(53-49)33-25-28-45-41(29-33)47-37(19-12-24-46(47)57-45)38-20-11-21-39-40-30-34(26-27-44(40)56-48(38)39)55-42-22-9-7-17-35(42)36-18-8-10-23-43(36)55/h1-30,49-50,52H,(H,53,54). The zero-order chi connectivity index (χ0) is 37.5. The van der Waals surface area contributed by atoms with Crippen LogP contribution < -0.4 is 10.6 Å². The Labute approximate surface area is 332 Å². The minimum absolute atomic E-state index is 0.101. The van der Waals surface area contributed by atoms with Crippen molar-refractivity contribution in [3.63, 3.8) is 0 Å². The van der Waals surface area contributed by atoms with Crippen molar-refractivity contribution in [2.24, 2.45) is 4.99 Å². The Morgan fingerprint density at radius 3 is 2.00 bits per heavy atom. The van der Waals surface area contributed by atoms with Gasteiger partial charge in [-0.3, -0.25) is 5.32 Å². The second kappa shape index (κ2) is 12.8. The van der Waals surface area contributed by atoms with Gasteiger partial charge in [-0.2, -0.15) is 0 Å². The average molecular weight is 751 g/mol. The first-order valence-corrected chi connectivity index (χ1v) is 20.2. The maximum absolute atomic E-state index is 6.81. The van der Waals surface area contributed by atoms with E-state index >= 15 is 0 Å². The Bertz CT molecular complexity index is 3320. The van der Waals surface area contributed by atoms with Gasteiger partial charge in [0.1, 0.15) is 29.3 Å². The molecule has 270 valence electrons. The highest BCUT2D eigenvalue weighted by Gasteiger charge is 2.26. The van der Waals surface area contributed by atoms with Crippen LogP contribution in [0, 0.1) is 0 Å². The molecular weight excluding hydrogens is 717 g/mol.